The van der Waals surface area contributed by atoms with Crippen LogP contribution in [0.5, 0.6) is 0 Å². The second kappa shape index (κ2) is 8.14. The first kappa shape index (κ1) is 14.1. The molecule has 0 fully saturated rings. The number of unbranched alkanes of at least 4 members (excludes halogenated alkanes) is 1. The third kappa shape index (κ3) is 6.34. The Labute approximate surface area is 101 Å². The number of benzene rings is 1. The highest BCUT2D eigenvalue weighted by molar-refractivity contribution is 5.17. The number of nitrogens with one attached hydrogen (secondary N) is 1. The van der Waals surface area contributed by atoms with E-state index >= 15 is 0 Å². The molecule has 2 nitrogen and oxygen atoms in total. The van der Waals surface area contributed by atoms with E-state index in [1.165, 1.54) is 12.1 Å². The van der Waals surface area contributed by atoms with Gasteiger partial charge >= 0.3 is 0 Å². The number of hydrogen-bond acceptors (Lipinski definition) is 2. The van der Waals surface area contributed by atoms with E-state index in [0.717, 1.165) is 25.5 Å². The Morgan fingerprint density at radius 2 is 1.82 bits per heavy atom. The van der Waals surface area contributed by atoms with Crippen molar-refractivity contribution in [1.82, 2.24) is 5.32 Å². The number of halogens is 2. The Morgan fingerprint density at radius 3 is 2.47 bits per heavy atom. The monoisotopic (exact) mass is 243 g/mol. The molecule has 1 aromatic rings. The van der Waals surface area contributed by atoms with Crippen molar-refractivity contribution in [2.24, 2.45) is 0 Å². The molecule has 4 heteroatoms. The van der Waals surface area contributed by atoms with Gasteiger partial charge in [-0.25, -0.2) is 8.78 Å². The van der Waals surface area contributed by atoms with Crippen LogP contribution in [0, 0.1) is 11.6 Å². The molecule has 0 aliphatic rings. The Hall–Kier alpha value is -1.00. The fraction of sp³-hybridized carbons (Fsp3) is 0.538. The van der Waals surface area contributed by atoms with E-state index in [1.54, 1.807) is 0 Å². The van der Waals surface area contributed by atoms with E-state index in [9.17, 15) is 8.78 Å². The molecule has 0 aliphatic carbocycles. The van der Waals surface area contributed by atoms with Crippen molar-refractivity contribution >= 4 is 0 Å². The van der Waals surface area contributed by atoms with Gasteiger partial charge in [0.25, 0.3) is 0 Å². The molecule has 0 amide bonds. The molecule has 0 aliphatic heterocycles. The first-order valence-corrected chi connectivity index (χ1v) is 5.96. The maximum absolute atomic E-state index is 12.9. The molecule has 0 atom stereocenters. The molecule has 0 aromatic heterocycles. The SMILES string of the molecule is CCCCOCCNCc1cc(F)cc(F)c1. The predicted molar refractivity (Wildman–Crippen MR) is 63.8 cm³/mol. The fourth-order valence-corrected chi connectivity index (χ4v) is 1.44. The Morgan fingerprint density at radius 1 is 1.12 bits per heavy atom. The molecule has 1 rings (SSSR count). The molecular formula is C13H19F2NO. The van der Waals surface area contributed by atoms with Crippen LogP contribution < -0.4 is 5.32 Å². The van der Waals surface area contributed by atoms with E-state index in [0.29, 0.717) is 25.3 Å². The van der Waals surface area contributed by atoms with Gasteiger partial charge in [0.1, 0.15) is 11.6 Å². The smallest absolute Gasteiger partial charge is 0.126 e. The van der Waals surface area contributed by atoms with Gasteiger partial charge in [0, 0.05) is 25.8 Å². The van der Waals surface area contributed by atoms with Crippen molar-refractivity contribution in [2.75, 3.05) is 19.8 Å². The van der Waals surface area contributed by atoms with Crippen LogP contribution in [0.25, 0.3) is 0 Å². The molecule has 0 saturated heterocycles. The van der Waals surface area contributed by atoms with E-state index in [-0.39, 0.29) is 0 Å². The maximum Gasteiger partial charge on any atom is 0.126 e. The minimum absolute atomic E-state index is 0.450. The van der Waals surface area contributed by atoms with Crippen LogP contribution in [0.1, 0.15) is 25.3 Å². The van der Waals surface area contributed by atoms with Gasteiger partial charge < -0.3 is 10.1 Å². The van der Waals surface area contributed by atoms with Crippen LogP contribution in [0.2, 0.25) is 0 Å². The summed E-state index contributed by atoms with van der Waals surface area (Å²) in [6.07, 6.45) is 2.19. The van der Waals surface area contributed by atoms with Crippen LogP contribution in [0.15, 0.2) is 18.2 Å². The molecule has 0 saturated carbocycles. The summed E-state index contributed by atoms with van der Waals surface area (Å²) in [7, 11) is 0. The third-order valence-corrected chi connectivity index (χ3v) is 2.32. The summed E-state index contributed by atoms with van der Waals surface area (Å²) in [6.45, 7) is 4.64. The highest BCUT2D eigenvalue weighted by Gasteiger charge is 1.99. The Kier molecular flexibility index (Phi) is 6.74. The van der Waals surface area contributed by atoms with E-state index in [2.05, 4.69) is 12.2 Å². The van der Waals surface area contributed by atoms with Crippen LogP contribution in [0.3, 0.4) is 0 Å². The number of ether oxygens (including phenoxy) is 1. The summed E-state index contributed by atoms with van der Waals surface area (Å²) in [4.78, 5) is 0. The standard InChI is InChI=1S/C13H19F2NO/c1-2-3-5-17-6-4-16-10-11-7-12(14)9-13(15)8-11/h7-9,16H,2-6,10H2,1H3. The molecule has 0 unspecified atom stereocenters. The number of rotatable bonds is 8. The second-order valence-corrected chi connectivity index (χ2v) is 3.92. The summed E-state index contributed by atoms with van der Waals surface area (Å²) >= 11 is 0. The summed E-state index contributed by atoms with van der Waals surface area (Å²) in [5.74, 6) is -1.08. The average molecular weight is 243 g/mol. The second-order valence-electron chi connectivity index (χ2n) is 3.92. The van der Waals surface area contributed by atoms with Gasteiger partial charge in [0.15, 0.2) is 0 Å². The van der Waals surface area contributed by atoms with Crippen molar-refractivity contribution in [1.29, 1.82) is 0 Å². The van der Waals surface area contributed by atoms with Gasteiger partial charge in [-0.1, -0.05) is 13.3 Å². The molecule has 1 N–H and O–H groups in total. The summed E-state index contributed by atoms with van der Waals surface area (Å²) < 4.78 is 31.0. The largest absolute Gasteiger partial charge is 0.380 e. The highest BCUT2D eigenvalue weighted by Crippen LogP contribution is 2.07. The first-order chi connectivity index (χ1) is 8.22. The Balaban J connectivity index is 2.13. The van der Waals surface area contributed by atoms with Crippen molar-refractivity contribution in [3.8, 4) is 0 Å². The van der Waals surface area contributed by atoms with Gasteiger partial charge in [-0.05, 0) is 24.1 Å². The lowest BCUT2D eigenvalue weighted by atomic mass is 10.2. The molecule has 0 bridgehead atoms. The third-order valence-electron chi connectivity index (χ3n) is 2.32. The fourth-order valence-electron chi connectivity index (χ4n) is 1.44. The molecule has 17 heavy (non-hydrogen) atoms. The van der Waals surface area contributed by atoms with E-state index in [4.69, 9.17) is 4.74 Å². The van der Waals surface area contributed by atoms with Gasteiger partial charge in [-0.15, -0.1) is 0 Å². The minimum Gasteiger partial charge on any atom is -0.380 e. The van der Waals surface area contributed by atoms with Gasteiger partial charge in [0.2, 0.25) is 0 Å². The lowest BCUT2D eigenvalue weighted by Crippen LogP contribution is -2.19. The van der Waals surface area contributed by atoms with E-state index < -0.39 is 11.6 Å². The number of hydrogen-bond donors (Lipinski definition) is 1. The molecule has 0 radical (unpaired) electrons. The normalized spacial score (nSPS) is 10.8. The highest BCUT2D eigenvalue weighted by atomic mass is 19.1. The van der Waals surface area contributed by atoms with Crippen molar-refractivity contribution in [3.05, 3.63) is 35.4 Å². The van der Waals surface area contributed by atoms with Gasteiger partial charge in [-0.3, -0.25) is 0 Å². The molecule has 0 heterocycles. The Bertz CT molecular complexity index is 311. The molecule has 96 valence electrons. The van der Waals surface area contributed by atoms with Crippen molar-refractivity contribution in [3.63, 3.8) is 0 Å². The van der Waals surface area contributed by atoms with Crippen LogP contribution in [-0.2, 0) is 11.3 Å². The minimum atomic E-state index is -0.541. The molecular weight excluding hydrogens is 224 g/mol. The quantitative estimate of drug-likeness (QED) is 0.709. The van der Waals surface area contributed by atoms with Crippen molar-refractivity contribution in [2.45, 2.75) is 26.3 Å². The summed E-state index contributed by atoms with van der Waals surface area (Å²) in [5.41, 5.74) is 0.607. The zero-order chi connectivity index (χ0) is 12.5. The van der Waals surface area contributed by atoms with Crippen LogP contribution in [-0.4, -0.2) is 19.8 Å². The average Bonchev–Trinajstić information content (AvgIpc) is 2.26. The summed E-state index contributed by atoms with van der Waals surface area (Å²) in [6, 6.07) is 3.53. The van der Waals surface area contributed by atoms with Crippen molar-refractivity contribution < 1.29 is 13.5 Å². The zero-order valence-corrected chi connectivity index (χ0v) is 10.1. The summed E-state index contributed by atoms with van der Waals surface area (Å²) in [5, 5.41) is 3.07. The molecule has 0 spiro atoms. The van der Waals surface area contributed by atoms with E-state index in [1.807, 2.05) is 0 Å². The predicted octanol–water partition coefficient (Wildman–Crippen LogP) is 2.87. The lowest BCUT2D eigenvalue weighted by molar-refractivity contribution is 0.133. The van der Waals surface area contributed by atoms with Crippen LogP contribution >= 0.6 is 0 Å². The zero-order valence-electron chi connectivity index (χ0n) is 10.1. The lowest BCUT2D eigenvalue weighted by Gasteiger charge is -2.06. The van der Waals surface area contributed by atoms with Gasteiger partial charge in [0.05, 0.1) is 6.61 Å². The maximum atomic E-state index is 12.9. The van der Waals surface area contributed by atoms with Crippen LogP contribution in [0.4, 0.5) is 8.78 Å². The molecule has 1 aromatic carbocycles. The van der Waals surface area contributed by atoms with Gasteiger partial charge in [-0.2, -0.15) is 0 Å². The topological polar surface area (TPSA) is 21.3 Å². The first-order valence-electron chi connectivity index (χ1n) is 5.96.